The molecule has 6 nitrogen and oxygen atoms in total. The Morgan fingerprint density at radius 2 is 1.70 bits per heavy atom. The van der Waals surface area contributed by atoms with Crippen molar-refractivity contribution in [3.05, 3.63) is 29.3 Å². The number of hydrogen-bond acceptors (Lipinski definition) is 3. The van der Waals surface area contributed by atoms with Crippen LogP contribution in [0.1, 0.15) is 20.8 Å². The molecule has 0 radical (unpaired) electrons. The van der Waals surface area contributed by atoms with E-state index in [1.54, 1.807) is 36.1 Å². The second kappa shape index (κ2) is 9.94. The maximum absolute atomic E-state index is 11.9. The summed E-state index contributed by atoms with van der Waals surface area (Å²) in [6.45, 7) is 7.52. The number of carbonyl (C=O) groups is 2. The second-order valence-electron chi connectivity index (χ2n) is 4.91. The molecule has 1 aromatic rings. The Hall–Kier alpha value is -1.95. The van der Waals surface area contributed by atoms with Gasteiger partial charge in [0.25, 0.3) is 5.91 Å². The summed E-state index contributed by atoms with van der Waals surface area (Å²) in [6, 6.07) is 6.68. The molecule has 0 saturated heterocycles. The van der Waals surface area contributed by atoms with Crippen LogP contribution in [0.4, 0.5) is 4.79 Å². The number of hydrogen-bond donors (Lipinski definition) is 2. The monoisotopic (exact) mass is 341 g/mol. The van der Waals surface area contributed by atoms with Crippen LogP contribution in [0.15, 0.2) is 24.3 Å². The Bertz CT molecular complexity index is 504. The Morgan fingerprint density at radius 1 is 1.13 bits per heavy atom. The number of carbonyl (C=O) groups excluding carboxylic acids is 2. The molecule has 3 amide bonds. The van der Waals surface area contributed by atoms with Gasteiger partial charge >= 0.3 is 6.03 Å². The lowest BCUT2D eigenvalue weighted by Gasteiger charge is -2.19. The SMILES string of the molecule is CCN(CC)C(=O)NCCNC(=O)C(C)Oc1ccc(Cl)cc1. The molecule has 2 N–H and O–H groups in total. The average Bonchev–Trinajstić information content (AvgIpc) is 2.54. The average molecular weight is 342 g/mol. The van der Waals surface area contributed by atoms with Gasteiger partial charge in [-0.05, 0) is 45.0 Å². The minimum atomic E-state index is -0.630. The molecule has 0 heterocycles. The van der Waals surface area contributed by atoms with E-state index in [-0.39, 0.29) is 11.9 Å². The Morgan fingerprint density at radius 3 is 2.26 bits per heavy atom. The van der Waals surface area contributed by atoms with E-state index >= 15 is 0 Å². The first-order valence-electron chi connectivity index (χ1n) is 7.70. The molecule has 0 aromatic heterocycles. The van der Waals surface area contributed by atoms with Gasteiger partial charge in [-0.25, -0.2) is 4.79 Å². The molecule has 7 heteroatoms. The standard InChI is InChI=1S/C16H24ClN3O3/c1-4-20(5-2)16(22)19-11-10-18-15(21)12(3)23-14-8-6-13(17)7-9-14/h6-9,12H,4-5,10-11H2,1-3H3,(H,18,21)(H,19,22). The molecule has 0 fully saturated rings. The highest BCUT2D eigenvalue weighted by molar-refractivity contribution is 6.30. The van der Waals surface area contributed by atoms with Crippen LogP contribution >= 0.6 is 11.6 Å². The van der Waals surface area contributed by atoms with Crippen molar-refractivity contribution in [2.75, 3.05) is 26.2 Å². The lowest BCUT2D eigenvalue weighted by atomic mass is 10.3. The van der Waals surface area contributed by atoms with Gasteiger partial charge in [-0.1, -0.05) is 11.6 Å². The van der Waals surface area contributed by atoms with Gasteiger partial charge in [-0.15, -0.1) is 0 Å². The normalized spacial score (nSPS) is 11.5. The quantitative estimate of drug-likeness (QED) is 0.713. The van der Waals surface area contributed by atoms with E-state index in [0.29, 0.717) is 37.0 Å². The molecule has 0 aliphatic carbocycles. The third kappa shape index (κ3) is 6.78. The van der Waals surface area contributed by atoms with Gasteiger partial charge in [0.05, 0.1) is 0 Å². The van der Waals surface area contributed by atoms with Crippen molar-refractivity contribution in [3.8, 4) is 5.75 Å². The van der Waals surface area contributed by atoms with Crippen LogP contribution < -0.4 is 15.4 Å². The smallest absolute Gasteiger partial charge is 0.317 e. The van der Waals surface area contributed by atoms with Crippen LogP contribution in [0.2, 0.25) is 5.02 Å². The molecule has 0 aliphatic heterocycles. The third-order valence-corrected chi connectivity index (χ3v) is 3.50. The van der Waals surface area contributed by atoms with E-state index in [1.165, 1.54) is 0 Å². The molecule has 0 aliphatic rings. The van der Waals surface area contributed by atoms with Gasteiger partial charge in [0.15, 0.2) is 6.10 Å². The van der Waals surface area contributed by atoms with E-state index in [9.17, 15) is 9.59 Å². The zero-order chi connectivity index (χ0) is 17.2. The zero-order valence-electron chi connectivity index (χ0n) is 13.8. The molecule has 1 atom stereocenters. The van der Waals surface area contributed by atoms with E-state index in [4.69, 9.17) is 16.3 Å². The van der Waals surface area contributed by atoms with Gasteiger partial charge in [-0.2, -0.15) is 0 Å². The number of nitrogens with one attached hydrogen (secondary N) is 2. The van der Waals surface area contributed by atoms with E-state index in [2.05, 4.69) is 10.6 Å². The molecule has 0 bridgehead atoms. The van der Waals surface area contributed by atoms with Crippen molar-refractivity contribution in [2.45, 2.75) is 26.9 Å². The summed E-state index contributed by atoms with van der Waals surface area (Å²) in [4.78, 5) is 25.3. The van der Waals surface area contributed by atoms with E-state index in [0.717, 1.165) is 0 Å². The predicted octanol–water partition coefficient (Wildman–Crippen LogP) is 2.27. The van der Waals surface area contributed by atoms with Crippen LogP contribution in [-0.2, 0) is 4.79 Å². The summed E-state index contributed by atoms with van der Waals surface area (Å²) in [5.74, 6) is 0.337. The highest BCUT2D eigenvalue weighted by Crippen LogP contribution is 2.16. The van der Waals surface area contributed by atoms with Gasteiger partial charge in [-0.3, -0.25) is 4.79 Å². The van der Waals surface area contributed by atoms with Crippen molar-refractivity contribution >= 4 is 23.5 Å². The van der Waals surface area contributed by atoms with Crippen LogP contribution in [0.25, 0.3) is 0 Å². The van der Waals surface area contributed by atoms with Crippen LogP contribution in [0.5, 0.6) is 5.75 Å². The van der Waals surface area contributed by atoms with Crippen molar-refractivity contribution < 1.29 is 14.3 Å². The molecule has 128 valence electrons. The highest BCUT2D eigenvalue weighted by Gasteiger charge is 2.14. The Labute approximate surface area is 142 Å². The second-order valence-corrected chi connectivity index (χ2v) is 5.35. The van der Waals surface area contributed by atoms with Gasteiger partial charge in [0.2, 0.25) is 0 Å². The fraction of sp³-hybridized carbons (Fsp3) is 0.500. The van der Waals surface area contributed by atoms with E-state index in [1.807, 2.05) is 13.8 Å². The molecule has 0 saturated carbocycles. The summed E-state index contributed by atoms with van der Waals surface area (Å²) in [7, 11) is 0. The van der Waals surface area contributed by atoms with Crippen molar-refractivity contribution in [3.63, 3.8) is 0 Å². The van der Waals surface area contributed by atoms with Crippen LogP contribution in [-0.4, -0.2) is 49.1 Å². The zero-order valence-corrected chi connectivity index (χ0v) is 14.5. The van der Waals surface area contributed by atoms with Crippen LogP contribution in [0.3, 0.4) is 0 Å². The minimum absolute atomic E-state index is 0.130. The first kappa shape index (κ1) is 19.1. The molecule has 1 rings (SSSR count). The lowest BCUT2D eigenvalue weighted by molar-refractivity contribution is -0.127. The molecule has 1 unspecified atom stereocenters. The summed E-state index contributed by atoms with van der Waals surface area (Å²) in [5, 5.41) is 6.08. The number of nitrogens with zero attached hydrogens (tertiary/aromatic N) is 1. The fourth-order valence-electron chi connectivity index (χ4n) is 1.89. The first-order valence-corrected chi connectivity index (χ1v) is 8.08. The number of ether oxygens (including phenoxy) is 1. The summed E-state index contributed by atoms with van der Waals surface area (Å²) < 4.78 is 5.52. The number of rotatable bonds is 8. The Balaban J connectivity index is 2.27. The molecule has 23 heavy (non-hydrogen) atoms. The highest BCUT2D eigenvalue weighted by atomic mass is 35.5. The van der Waals surface area contributed by atoms with E-state index < -0.39 is 6.10 Å². The van der Waals surface area contributed by atoms with Crippen molar-refractivity contribution in [1.29, 1.82) is 0 Å². The minimum Gasteiger partial charge on any atom is -0.481 e. The number of benzene rings is 1. The Kier molecular flexibility index (Phi) is 8.26. The largest absolute Gasteiger partial charge is 0.481 e. The van der Waals surface area contributed by atoms with Crippen LogP contribution in [0, 0.1) is 0 Å². The fourth-order valence-corrected chi connectivity index (χ4v) is 2.02. The number of urea groups is 1. The lowest BCUT2D eigenvalue weighted by Crippen LogP contribution is -2.44. The van der Waals surface area contributed by atoms with Crippen molar-refractivity contribution in [2.24, 2.45) is 0 Å². The summed E-state index contributed by atoms with van der Waals surface area (Å²) >= 11 is 5.79. The van der Waals surface area contributed by atoms with Gasteiger partial charge in [0.1, 0.15) is 5.75 Å². The van der Waals surface area contributed by atoms with Gasteiger partial charge in [0, 0.05) is 31.2 Å². The number of halogens is 1. The summed E-state index contributed by atoms with van der Waals surface area (Å²) in [6.07, 6.45) is -0.630. The summed E-state index contributed by atoms with van der Waals surface area (Å²) in [5.41, 5.74) is 0. The molecule has 0 spiro atoms. The maximum atomic E-state index is 11.9. The molecular weight excluding hydrogens is 318 g/mol. The predicted molar refractivity (Wildman–Crippen MR) is 90.9 cm³/mol. The molecular formula is C16H24ClN3O3. The number of amides is 3. The first-order chi connectivity index (χ1) is 11.0. The maximum Gasteiger partial charge on any atom is 0.317 e. The third-order valence-electron chi connectivity index (χ3n) is 3.25. The van der Waals surface area contributed by atoms with Gasteiger partial charge < -0.3 is 20.3 Å². The molecule has 1 aromatic carbocycles. The van der Waals surface area contributed by atoms with Crippen molar-refractivity contribution in [1.82, 2.24) is 15.5 Å². The topological polar surface area (TPSA) is 70.7 Å².